The third kappa shape index (κ3) is 2.85. The van der Waals surface area contributed by atoms with Gasteiger partial charge in [-0.1, -0.05) is 6.07 Å². The van der Waals surface area contributed by atoms with E-state index >= 15 is 0 Å². The zero-order valence-electron chi connectivity index (χ0n) is 10.8. The molecule has 0 unspecified atom stereocenters. The van der Waals surface area contributed by atoms with Crippen LogP contribution in [0.15, 0.2) is 40.9 Å². The Morgan fingerprint density at radius 2 is 2.05 bits per heavy atom. The van der Waals surface area contributed by atoms with Crippen LogP contribution in [-0.2, 0) is 0 Å². The lowest BCUT2D eigenvalue weighted by molar-refractivity contribution is 0.100. The number of ether oxygens (including phenoxy) is 1. The smallest absolute Gasteiger partial charge is 0.250 e. The molecule has 0 atom stereocenters. The van der Waals surface area contributed by atoms with Gasteiger partial charge in [0.15, 0.2) is 0 Å². The van der Waals surface area contributed by atoms with Gasteiger partial charge in [-0.25, -0.2) is 0 Å². The predicted octanol–water partition coefficient (Wildman–Crippen LogP) is 2.88. The zero-order valence-corrected chi connectivity index (χ0v) is 12.4. The maximum Gasteiger partial charge on any atom is 0.250 e. The standard InChI is InChI=1S/C14H14BrN3O2/c1-20-8-5-6-10(15)12(7-8)18-13-9(14(17)19)3-2-4-11(13)16/h2-7,18H,16H2,1H3,(H2,17,19). The molecule has 0 saturated heterocycles. The van der Waals surface area contributed by atoms with Crippen LogP contribution in [0.3, 0.4) is 0 Å². The van der Waals surface area contributed by atoms with Crippen LogP contribution < -0.4 is 21.5 Å². The molecule has 5 nitrogen and oxygen atoms in total. The summed E-state index contributed by atoms with van der Waals surface area (Å²) in [6.07, 6.45) is 0. The van der Waals surface area contributed by atoms with Gasteiger partial charge < -0.3 is 21.5 Å². The van der Waals surface area contributed by atoms with Crippen molar-refractivity contribution in [3.63, 3.8) is 0 Å². The van der Waals surface area contributed by atoms with Gasteiger partial charge in [0.2, 0.25) is 0 Å². The fraction of sp³-hybridized carbons (Fsp3) is 0.0714. The molecule has 0 saturated carbocycles. The Kier molecular flexibility index (Phi) is 4.14. The van der Waals surface area contributed by atoms with E-state index in [-0.39, 0.29) is 0 Å². The number of primary amides is 1. The van der Waals surface area contributed by atoms with Gasteiger partial charge in [-0.3, -0.25) is 4.79 Å². The summed E-state index contributed by atoms with van der Waals surface area (Å²) in [5, 5.41) is 3.11. The first-order valence-corrected chi connectivity index (χ1v) is 6.61. The van der Waals surface area contributed by atoms with Crippen LogP contribution in [0.5, 0.6) is 5.75 Å². The van der Waals surface area contributed by atoms with Crippen molar-refractivity contribution in [2.75, 3.05) is 18.2 Å². The Bertz CT molecular complexity index is 659. The fourth-order valence-corrected chi connectivity index (χ4v) is 2.12. The number of carbonyl (C=O) groups excluding carboxylic acids is 1. The number of anilines is 3. The second-order valence-electron chi connectivity index (χ2n) is 4.10. The Morgan fingerprint density at radius 3 is 2.70 bits per heavy atom. The monoisotopic (exact) mass is 335 g/mol. The maximum atomic E-state index is 11.5. The average molecular weight is 336 g/mol. The lowest BCUT2D eigenvalue weighted by Gasteiger charge is -2.14. The first kappa shape index (κ1) is 14.2. The summed E-state index contributed by atoms with van der Waals surface area (Å²) < 4.78 is 5.99. The van der Waals surface area contributed by atoms with Gasteiger partial charge in [-0.15, -0.1) is 0 Å². The minimum absolute atomic E-state index is 0.333. The highest BCUT2D eigenvalue weighted by Crippen LogP contribution is 2.33. The van der Waals surface area contributed by atoms with E-state index < -0.39 is 5.91 Å². The summed E-state index contributed by atoms with van der Waals surface area (Å²) in [7, 11) is 1.58. The molecule has 2 aromatic carbocycles. The Labute approximate surface area is 125 Å². The number of amides is 1. The van der Waals surface area contributed by atoms with Crippen molar-refractivity contribution in [2.24, 2.45) is 5.73 Å². The van der Waals surface area contributed by atoms with Crippen LogP contribution in [0.25, 0.3) is 0 Å². The van der Waals surface area contributed by atoms with Crippen LogP contribution in [0.1, 0.15) is 10.4 Å². The van der Waals surface area contributed by atoms with Crippen LogP contribution in [-0.4, -0.2) is 13.0 Å². The van der Waals surface area contributed by atoms with Crippen molar-refractivity contribution in [2.45, 2.75) is 0 Å². The highest BCUT2D eigenvalue weighted by molar-refractivity contribution is 9.10. The SMILES string of the molecule is COc1ccc(Br)c(Nc2c(N)cccc2C(N)=O)c1. The first-order valence-electron chi connectivity index (χ1n) is 5.81. The number of nitrogen functional groups attached to an aromatic ring is 1. The molecule has 20 heavy (non-hydrogen) atoms. The lowest BCUT2D eigenvalue weighted by Crippen LogP contribution is -2.14. The maximum absolute atomic E-state index is 11.5. The summed E-state index contributed by atoms with van der Waals surface area (Å²) in [5.41, 5.74) is 13.3. The molecule has 104 valence electrons. The second kappa shape index (κ2) is 5.83. The number of benzene rings is 2. The molecule has 0 fully saturated rings. The number of methoxy groups -OCH3 is 1. The minimum Gasteiger partial charge on any atom is -0.497 e. The molecule has 0 aromatic heterocycles. The number of nitrogens with two attached hydrogens (primary N) is 2. The number of hydrogen-bond acceptors (Lipinski definition) is 4. The van der Waals surface area contributed by atoms with Crippen molar-refractivity contribution in [1.82, 2.24) is 0 Å². The number of rotatable bonds is 4. The summed E-state index contributed by atoms with van der Waals surface area (Å²) in [5.74, 6) is 0.143. The third-order valence-corrected chi connectivity index (χ3v) is 3.49. The molecule has 0 aliphatic rings. The quantitative estimate of drug-likeness (QED) is 0.749. The number of halogens is 1. The molecule has 0 radical (unpaired) electrons. The molecule has 5 N–H and O–H groups in total. The van der Waals surface area contributed by atoms with E-state index in [2.05, 4.69) is 21.2 Å². The van der Waals surface area contributed by atoms with Crippen LogP contribution in [0, 0.1) is 0 Å². The molecule has 0 aliphatic carbocycles. The van der Waals surface area contributed by atoms with E-state index in [0.29, 0.717) is 22.7 Å². The van der Waals surface area contributed by atoms with E-state index in [0.717, 1.165) is 10.2 Å². The molecule has 0 bridgehead atoms. The predicted molar refractivity (Wildman–Crippen MR) is 83.3 cm³/mol. The van der Waals surface area contributed by atoms with E-state index in [4.69, 9.17) is 16.2 Å². The van der Waals surface area contributed by atoms with Gasteiger partial charge >= 0.3 is 0 Å². The molecule has 1 amide bonds. The largest absolute Gasteiger partial charge is 0.497 e. The van der Waals surface area contributed by atoms with Crippen LogP contribution in [0.2, 0.25) is 0 Å². The summed E-state index contributed by atoms with van der Waals surface area (Å²) >= 11 is 3.43. The molecular weight excluding hydrogens is 322 g/mol. The number of carbonyl (C=O) groups is 1. The third-order valence-electron chi connectivity index (χ3n) is 2.80. The second-order valence-corrected chi connectivity index (χ2v) is 4.96. The number of hydrogen-bond donors (Lipinski definition) is 3. The van der Waals surface area contributed by atoms with Gasteiger partial charge in [0.05, 0.1) is 29.7 Å². The topological polar surface area (TPSA) is 90.4 Å². The van der Waals surface area contributed by atoms with E-state index in [9.17, 15) is 4.79 Å². The molecule has 6 heteroatoms. The van der Waals surface area contributed by atoms with E-state index in [1.807, 2.05) is 12.1 Å². The molecule has 0 heterocycles. The number of nitrogens with one attached hydrogen (secondary N) is 1. The average Bonchev–Trinajstić information content (AvgIpc) is 2.43. The number of para-hydroxylation sites is 1. The van der Waals surface area contributed by atoms with Crippen LogP contribution in [0.4, 0.5) is 17.1 Å². The summed E-state index contributed by atoms with van der Waals surface area (Å²) in [6.45, 7) is 0. The van der Waals surface area contributed by atoms with E-state index in [1.165, 1.54) is 0 Å². The molecule has 0 aliphatic heterocycles. The van der Waals surface area contributed by atoms with Gasteiger partial charge in [0.1, 0.15) is 5.75 Å². The highest BCUT2D eigenvalue weighted by atomic mass is 79.9. The highest BCUT2D eigenvalue weighted by Gasteiger charge is 2.12. The first-order chi connectivity index (χ1) is 9.52. The van der Waals surface area contributed by atoms with Crippen molar-refractivity contribution >= 4 is 38.9 Å². The molecular formula is C14H14BrN3O2. The lowest BCUT2D eigenvalue weighted by atomic mass is 10.1. The summed E-state index contributed by atoms with van der Waals surface area (Å²) in [4.78, 5) is 11.5. The molecule has 2 aromatic rings. The Hall–Kier alpha value is -2.21. The summed E-state index contributed by atoms with van der Waals surface area (Å²) in [6, 6.07) is 10.4. The van der Waals surface area contributed by atoms with Crippen LogP contribution >= 0.6 is 15.9 Å². The van der Waals surface area contributed by atoms with E-state index in [1.54, 1.807) is 31.4 Å². The van der Waals surface area contributed by atoms with Crippen molar-refractivity contribution < 1.29 is 9.53 Å². The minimum atomic E-state index is -0.543. The molecule has 2 rings (SSSR count). The normalized spacial score (nSPS) is 10.1. The Balaban J connectivity index is 2.47. The van der Waals surface area contributed by atoms with Gasteiger partial charge in [0.25, 0.3) is 5.91 Å². The fourth-order valence-electron chi connectivity index (χ4n) is 1.78. The van der Waals surface area contributed by atoms with Gasteiger partial charge in [0, 0.05) is 10.5 Å². The van der Waals surface area contributed by atoms with Gasteiger partial charge in [-0.2, -0.15) is 0 Å². The van der Waals surface area contributed by atoms with Crippen molar-refractivity contribution in [1.29, 1.82) is 0 Å². The Morgan fingerprint density at radius 1 is 1.30 bits per heavy atom. The van der Waals surface area contributed by atoms with Crippen molar-refractivity contribution in [3.8, 4) is 5.75 Å². The van der Waals surface area contributed by atoms with Crippen molar-refractivity contribution in [3.05, 3.63) is 46.4 Å². The zero-order chi connectivity index (χ0) is 14.7. The molecule has 0 spiro atoms. The van der Waals surface area contributed by atoms with Gasteiger partial charge in [-0.05, 0) is 40.2 Å².